The van der Waals surface area contributed by atoms with Crippen LogP contribution in [0, 0.1) is 0 Å². The number of pyridine rings is 1. The number of rotatable bonds is 4. The minimum Gasteiger partial charge on any atom is -0.390 e. The van der Waals surface area contributed by atoms with E-state index in [9.17, 15) is 14.4 Å². The SMILES string of the molecule is O=C1CCC(N2Cc3cc(-n4cc(-c5ccc(CO)nc5)nn4)ccc3C2=O)C(=O)N1. The molecule has 0 radical (unpaired) electrons. The first kappa shape index (κ1) is 19.1. The number of nitrogens with one attached hydrogen (secondary N) is 1. The van der Waals surface area contributed by atoms with Crippen molar-refractivity contribution in [2.45, 2.75) is 32.0 Å². The van der Waals surface area contributed by atoms with Crippen molar-refractivity contribution in [3.8, 4) is 16.9 Å². The molecule has 1 fully saturated rings. The van der Waals surface area contributed by atoms with E-state index in [1.165, 1.54) is 4.90 Å². The third kappa shape index (κ3) is 3.36. The van der Waals surface area contributed by atoms with Crippen LogP contribution in [0.3, 0.4) is 0 Å². The zero-order valence-electron chi connectivity index (χ0n) is 16.4. The van der Waals surface area contributed by atoms with Crippen LogP contribution in [-0.2, 0) is 22.7 Å². The molecule has 31 heavy (non-hydrogen) atoms. The standard InChI is InChI=1S/C21H18N6O4/c28-11-14-2-1-12(8-22-14)17-10-27(25-24-17)15-3-4-16-13(7-15)9-26(21(16)31)18-5-6-19(29)23-20(18)30/h1-4,7-8,10,18,28H,5-6,9,11H2,(H,23,29,30). The summed E-state index contributed by atoms with van der Waals surface area (Å²) in [6, 6.07) is 8.23. The largest absolute Gasteiger partial charge is 0.390 e. The van der Waals surface area contributed by atoms with E-state index < -0.39 is 11.9 Å². The van der Waals surface area contributed by atoms with Gasteiger partial charge >= 0.3 is 0 Å². The number of aliphatic hydroxyl groups is 1. The Bertz CT molecular complexity index is 1200. The molecule has 1 unspecified atom stereocenters. The molecule has 10 heteroatoms. The molecule has 1 atom stereocenters. The molecule has 4 heterocycles. The van der Waals surface area contributed by atoms with E-state index in [2.05, 4.69) is 20.6 Å². The molecule has 0 bridgehead atoms. The van der Waals surface area contributed by atoms with Crippen molar-refractivity contribution in [3.05, 3.63) is 59.5 Å². The monoisotopic (exact) mass is 418 g/mol. The number of carbonyl (C=O) groups is 3. The number of benzene rings is 1. The van der Waals surface area contributed by atoms with E-state index in [1.807, 2.05) is 12.1 Å². The molecule has 3 amide bonds. The molecule has 0 spiro atoms. The van der Waals surface area contributed by atoms with E-state index in [0.717, 1.165) is 16.8 Å². The van der Waals surface area contributed by atoms with E-state index >= 15 is 0 Å². The number of imide groups is 1. The molecule has 1 aromatic carbocycles. The quantitative estimate of drug-likeness (QED) is 0.593. The minimum absolute atomic E-state index is 0.128. The Morgan fingerprint density at radius 2 is 2.03 bits per heavy atom. The predicted molar refractivity (Wildman–Crippen MR) is 107 cm³/mol. The Kier molecular flexibility index (Phi) is 4.55. The highest BCUT2D eigenvalue weighted by molar-refractivity contribution is 6.05. The third-order valence-corrected chi connectivity index (χ3v) is 5.55. The number of aliphatic hydroxyl groups excluding tert-OH is 1. The van der Waals surface area contributed by atoms with Crippen molar-refractivity contribution in [1.82, 2.24) is 30.2 Å². The van der Waals surface area contributed by atoms with E-state index in [4.69, 9.17) is 5.11 Å². The summed E-state index contributed by atoms with van der Waals surface area (Å²) in [5.74, 6) is -0.958. The average Bonchev–Trinajstić information content (AvgIpc) is 3.39. The minimum atomic E-state index is -0.645. The van der Waals surface area contributed by atoms with Gasteiger partial charge in [0.1, 0.15) is 11.7 Å². The summed E-state index contributed by atoms with van der Waals surface area (Å²) in [7, 11) is 0. The van der Waals surface area contributed by atoms with Gasteiger partial charge in [-0.05, 0) is 42.3 Å². The zero-order chi connectivity index (χ0) is 21.5. The fourth-order valence-electron chi connectivity index (χ4n) is 3.90. The van der Waals surface area contributed by atoms with Gasteiger partial charge in [0.05, 0.1) is 24.2 Å². The van der Waals surface area contributed by atoms with Gasteiger partial charge in [0.2, 0.25) is 11.8 Å². The summed E-state index contributed by atoms with van der Waals surface area (Å²) in [6.45, 7) is 0.166. The zero-order valence-corrected chi connectivity index (χ0v) is 16.4. The van der Waals surface area contributed by atoms with Gasteiger partial charge in [0.15, 0.2) is 0 Å². The predicted octanol–water partition coefficient (Wildman–Crippen LogP) is 0.583. The number of fused-ring (bicyclic) bond motifs is 1. The van der Waals surface area contributed by atoms with Gasteiger partial charge in [-0.2, -0.15) is 0 Å². The maximum Gasteiger partial charge on any atom is 0.255 e. The highest BCUT2D eigenvalue weighted by atomic mass is 16.3. The topological polar surface area (TPSA) is 130 Å². The van der Waals surface area contributed by atoms with Crippen molar-refractivity contribution in [2.75, 3.05) is 0 Å². The molecule has 10 nitrogen and oxygen atoms in total. The Morgan fingerprint density at radius 3 is 2.77 bits per heavy atom. The lowest BCUT2D eigenvalue weighted by Gasteiger charge is -2.29. The Labute approximate surface area is 176 Å². The second-order valence-corrected chi connectivity index (χ2v) is 7.49. The van der Waals surface area contributed by atoms with Crippen LogP contribution < -0.4 is 5.32 Å². The Hall–Kier alpha value is -3.92. The van der Waals surface area contributed by atoms with Crippen LogP contribution in [0.2, 0.25) is 0 Å². The molecule has 3 aromatic rings. The van der Waals surface area contributed by atoms with Gasteiger partial charge < -0.3 is 10.0 Å². The fraction of sp³-hybridized carbons (Fsp3) is 0.238. The van der Waals surface area contributed by atoms with Gasteiger partial charge in [0, 0.05) is 30.3 Å². The maximum absolute atomic E-state index is 12.8. The first-order chi connectivity index (χ1) is 15.0. The lowest BCUT2D eigenvalue weighted by molar-refractivity contribution is -0.136. The Balaban J connectivity index is 1.39. The molecule has 2 aliphatic rings. The van der Waals surface area contributed by atoms with Crippen molar-refractivity contribution < 1.29 is 19.5 Å². The van der Waals surface area contributed by atoms with Gasteiger partial charge in [0.25, 0.3) is 5.91 Å². The molecular weight excluding hydrogens is 400 g/mol. The normalized spacial score (nSPS) is 18.3. The molecule has 2 N–H and O–H groups in total. The van der Waals surface area contributed by atoms with Crippen LogP contribution in [-0.4, -0.2) is 53.7 Å². The first-order valence-electron chi connectivity index (χ1n) is 9.80. The number of aromatic nitrogens is 4. The van der Waals surface area contributed by atoms with Gasteiger partial charge in [-0.1, -0.05) is 5.21 Å². The third-order valence-electron chi connectivity index (χ3n) is 5.55. The summed E-state index contributed by atoms with van der Waals surface area (Å²) >= 11 is 0. The highest BCUT2D eigenvalue weighted by Gasteiger charge is 2.39. The molecule has 2 aliphatic heterocycles. The summed E-state index contributed by atoms with van der Waals surface area (Å²) < 4.78 is 1.61. The summed E-state index contributed by atoms with van der Waals surface area (Å²) in [6.07, 6.45) is 3.93. The summed E-state index contributed by atoms with van der Waals surface area (Å²) in [5.41, 5.74) is 4.02. The van der Waals surface area contributed by atoms with Crippen LogP contribution in [0.25, 0.3) is 16.9 Å². The maximum atomic E-state index is 12.8. The van der Waals surface area contributed by atoms with Crippen LogP contribution in [0.1, 0.15) is 34.5 Å². The number of amides is 3. The fourth-order valence-corrected chi connectivity index (χ4v) is 3.90. The lowest BCUT2D eigenvalue weighted by Crippen LogP contribution is -2.52. The van der Waals surface area contributed by atoms with Gasteiger partial charge in [-0.3, -0.25) is 24.7 Å². The van der Waals surface area contributed by atoms with E-state index in [1.54, 1.807) is 35.3 Å². The number of hydrogen-bond acceptors (Lipinski definition) is 7. The van der Waals surface area contributed by atoms with Gasteiger partial charge in [-0.15, -0.1) is 5.10 Å². The number of nitrogens with zero attached hydrogens (tertiary/aromatic N) is 5. The summed E-state index contributed by atoms with van der Waals surface area (Å²) in [4.78, 5) is 42.1. The van der Waals surface area contributed by atoms with Crippen molar-refractivity contribution in [3.63, 3.8) is 0 Å². The van der Waals surface area contributed by atoms with Crippen LogP contribution in [0.4, 0.5) is 0 Å². The van der Waals surface area contributed by atoms with E-state index in [-0.39, 0.29) is 24.8 Å². The molecule has 5 rings (SSSR count). The van der Waals surface area contributed by atoms with E-state index in [0.29, 0.717) is 29.9 Å². The highest BCUT2D eigenvalue weighted by Crippen LogP contribution is 2.29. The summed E-state index contributed by atoms with van der Waals surface area (Å²) in [5, 5.41) is 19.8. The molecule has 0 aliphatic carbocycles. The van der Waals surface area contributed by atoms with Crippen LogP contribution in [0.5, 0.6) is 0 Å². The molecule has 2 aromatic heterocycles. The number of hydrogen-bond donors (Lipinski definition) is 2. The van der Waals surface area contributed by atoms with Crippen molar-refractivity contribution in [1.29, 1.82) is 0 Å². The number of piperidine rings is 1. The lowest BCUT2D eigenvalue weighted by atomic mass is 10.0. The molecule has 0 saturated carbocycles. The second kappa shape index (κ2) is 7.40. The van der Waals surface area contributed by atoms with Gasteiger partial charge in [-0.25, -0.2) is 4.68 Å². The first-order valence-corrected chi connectivity index (χ1v) is 9.80. The smallest absolute Gasteiger partial charge is 0.255 e. The van der Waals surface area contributed by atoms with Crippen molar-refractivity contribution >= 4 is 17.7 Å². The number of carbonyl (C=O) groups excluding carboxylic acids is 3. The molecule has 1 saturated heterocycles. The Morgan fingerprint density at radius 1 is 1.16 bits per heavy atom. The molecular formula is C21H18N6O4. The van der Waals surface area contributed by atoms with Crippen LogP contribution in [0.15, 0.2) is 42.7 Å². The van der Waals surface area contributed by atoms with Crippen LogP contribution >= 0.6 is 0 Å². The van der Waals surface area contributed by atoms with Crippen molar-refractivity contribution in [2.24, 2.45) is 0 Å². The average molecular weight is 418 g/mol. The molecule has 156 valence electrons. The second-order valence-electron chi connectivity index (χ2n) is 7.49.